The van der Waals surface area contributed by atoms with Crippen molar-refractivity contribution < 1.29 is 13.5 Å². The van der Waals surface area contributed by atoms with Crippen LogP contribution in [0.1, 0.15) is 24.2 Å². The molecule has 2 rings (SSSR count). The van der Waals surface area contributed by atoms with Crippen LogP contribution in [0.3, 0.4) is 0 Å². The average molecular weight is 302 g/mol. The predicted octanol–water partition coefficient (Wildman–Crippen LogP) is 2.41. The number of nitrogens with zero attached hydrogens (tertiary/aromatic N) is 1. The Kier molecular flexibility index (Phi) is 4.26. The Hall–Kier alpha value is -2.36. The second-order valence-corrected chi connectivity index (χ2v) is 6.19. The number of nitriles is 1. The van der Waals surface area contributed by atoms with E-state index >= 15 is 0 Å². The molecule has 21 heavy (non-hydrogen) atoms. The molecule has 0 aliphatic heterocycles. The maximum atomic E-state index is 12.3. The summed E-state index contributed by atoms with van der Waals surface area (Å²) in [6, 6.07) is 14.3. The van der Waals surface area contributed by atoms with Crippen LogP contribution >= 0.6 is 0 Å². The van der Waals surface area contributed by atoms with Gasteiger partial charge < -0.3 is 5.11 Å². The van der Waals surface area contributed by atoms with Crippen LogP contribution in [0.25, 0.3) is 0 Å². The van der Waals surface area contributed by atoms with E-state index in [0.717, 1.165) is 0 Å². The van der Waals surface area contributed by atoms with Crippen molar-refractivity contribution in [3.63, 3.8) is 0 Å². The summed E-state index contributed by atoms with van der Waals surface area (Å²) in [6.45, 7) is 1.56. The van der Waals surface area contributed by atoms with Crippen LogP contribution in [0, 0.1) is 11.3 Å². The highest BCUT2D eigenvalue weighted by Crippen LogP contribution is 2.25. The molecule has 0 radical (unpaired) electrons. The van der Waals surface area contributed by atoms with Crippen LogP contribution in [-0.4, -0.2) is 13.5 Å². The molecule has 0 aromatic heterocycles. The van der Waals surface area contributed by atoms with Crippen LogP contribution in [0.4, 0.5) is 5.69 Å². The van der Waals surface area contributed by atoms with E-state index < -0.39 is 16.1 Å². The molecule has 108 valence electrons. The van der Waals surface area contributed by atoms with Gasteiger partial charge in [0.25, 0.3) is 10.0 Å². The van der Waals surface area contributed by atoms with E-state index in [4.69, 9.17) is 5.26 Å². The van der Waals surface area contributed by atoms with Crippen LogP contribution in [0.5, 0.6) is 0 Å². The summed E-state index contributed by atoms with van der Waals surface area (Å²) in [5, 5.41) is 18.5. The van der Waals surface area contributed by atoms with Gasteiger partial charge in [0.1, 0.15) is 0 Å². The van der Waals surface area contributed by atoms with Gasteiger partial charge in [-0.3, -0.25) is 4.72 Å². The fraction of sp³-hybridized carbons (Fsp3) is 0.133. The molecule has 0 bridgehead atoms. The van der Waals surface area contributed by atoms with Gasteiger partial charge in [0.15, 0.2) is 0 Å². The Labute approximate surface area is 123 Å². The van der Waals surface area contributed by atoms with E-state index in [9.17, 15) is 13.5 Å². The lowest BCUT2D eigenvalue weighted by Gasteiger charge is -2.14. The van der Waals surface area contributed by atoms with Crippen molar-refractivity contribution >= 4 is 15.7 Å². The largest absolute Gasteiger partial charge is 0.389 e. The highest BCUT2D eigenvalue weighted by molar-refractivity contribution is 7.92. The maximum absolute atomic E-state index is 12.3. The molecule has 5 nitrogen and oxygen atoms in total. The minimum atomic E-state index is -3.81. The second kappa shape index (κ2) is 5.95. The molecule has 0 aliphatic carbocycles. The SMILES string of the molecule is CC(O)c1ccccc1NS(=O)(=O)c1cccc(C#N)c1. The first-order chi connectivity index (χ1) is 9.94. The fourth-order valence-corrected chi connectivity index (χ4v) is 3.02. The standard InChI is InChI=1S/C15H14N2O3S/c1-11(18)14-7-2-3-8-15(14)17-21(19,20)13-6-4-5-12(9-13)10-16/h2-9,11,17-18H,1H3. The third-order valence-electron chi connectivity index (χ3n) is 2.93. The molecular weight excluding hydrogens is 288 g/mol. The number of aliphatic hydroxyl groups excluding tert-OH is 1. The smallest absolute Gasteiger partial charge is 0.261 e. The van der Waals surface area contributed by atoms with E-state index in [1.54, 1.807) is 31.2 Å². The molecule has 6 heteroatoms. The number of nitrogens with one attached hydrogen (secondary N) is 1. The van der Waals surface area contributed by atoms with Crippen molar-refractivity contribution in [2.24, 2.45) is 0 Å². The van der Waals surface area contributed by atoms with Crippen molar-refractivity contribution in [3.05, 3.63) is 59.7 Å². The monoisotopic (exact) mass is 302 g/mol. The minimum absolute atomic E-state index is 0.00180. The number of para-hydroxylation sites is 1. The third-order valence-corrected chi connectivity index (χ3v) is 4.29. The van der Waals surface area contributed by atoms with Gasteiger partial charge in [-0.25, -0.2) is 8.42 Å². The van der Waals surface area contributed by atoms with E-state index in [1.807, 2.05) is 6.07 Å². The van der Waals surface area contributed by atoms with Crippen molar-refractivity contribution in [2.75, 3.05) is 4.72 Å². The fourth-order valence-electron chi connectivity index (χ4n) is 1.89. The molecule has 2 N–H and O–H groups in total. The third kappa shape index (κ3) is 3.40. The molecule has 0 amide bonds. The van der Waals surface area contributed by atoms with Crippen molar-refractivity contribution in [1.82, 2.24) is 0 Å². The molecule has 0 heterocycles. The zero-order chi connectivity index (χ0) is 15.5. The normalized spacial score (nSPS) is 12.4. The predicted molar refractivity (Wildman–Crippen MR) is 79.0 cm³/mol. The Morgan fingerprint density at radius 3 is 2.57 bits per heavy atom. The average Bonchev–Trinajstić information content (AvgIpc) is 2.47. The Morgan fingerprint density at radius 2 is 1.90 bits per heavy atom. The summed E-state index contributed by atoms with van der Waals surface area (Å²) < 4.78 is 27.1. The molecular formula is C15H14N2O3S. The number of aliphatic hydroxyl groups is 1. The van der Waals surface area contributed by atoms with E-state index in [0.29, 0.717) is 11.3 Å². The van der Waals surface area contributed by atoms with Gasteiger partial charge in [0.2, 0.25) is 0 Å². The molecule has 0 fully saturated rings. The maximum Gasteiger partial charge on any atom is 0.261 e. The molecule has 1 unspecified atom stereocenters. The summed E-state index contributed by atoms with van der Waals surface area (Å²) in [4.78, 5) is 0.00180. The second-order valence-electron chi connectivity index (χ2n) is 4.51. The number of sulfonamides is 1. The van der Waals surface area contributed by atoms with Crippen LogP contribution in [0.15, 0.2) is 53.4 Å². The summed E-state index contributed by atoms with van der Waals surface area (Å²) >= 11 is 0. The Balaban J connectivity index is 2.41. The Morgan fingerprint density at radius 1 is 1.19 bits per heavy atom. The summed E-state index contributed by atoms with van der Waals surface area (Å²) in [5.41, 5.74) is 1.06. The summed E-state index contributed by atoms with van der Waals surface area (Å²) in [5.74, 6) is 0. The van der Waals surface area contributed by atoms with Crippen molar-refractivity contribution in [1.29, 1.82) is 5.26 Å². The summed E-state index contributed by atoms with van der Waals surface area (Å²) in [7, 11) is -3.81. The van der Waals surface area contributed by atoms with E-state index in [2.05, 4.69) is 4.72 Å². The molecule has 2 aromatic carbocycles. The van der Waals surface area contributed by atoms with Crippen molar-refractivity contribution in [3.8, 4) is 6.07 Å². The van der Waals surface area contributed by atoms with Gasteiger partial charge in [-0.1, -0.05) is 24.3 Å². The number of hydrogen-bond donors (Lipinski definition) is 2. The summed E-state index contributed by atoms with van der Waals surface area (Å²) in [6.07, 6.45) is -0.797. The lowest BCUT2D eigenvalue weighted by Crippen LogP contribution is -2.15. The molecule has 0 spiro atoms. The van der Waals surface area contributed by atoms with Gasteiger partial charge in [-0.15, -0.1) is 0 Å². The van der Waals surface area contributed by atoms with E-state index in [-0.39, 0.29) is 10.5 Å². The topological polar surface area (TPSA) is 90.2 Å². The first kappa shape index (κ1) is 15.0. The first-order valence-electron chi connectivity index (χ1n) is 6.24. The quantitative estimate of drug-likeness (QED) is 0.907. The van der Waals surface area contributed by atoms with Crippen LogP contribution in [0.2, 0.25) is 0 Å². The van der Waals surface area contributed by atoms with Gasteiger partial charge in [-0.05, 0) is 31.2 Å². The zero-order valence-corrected chi connectivity index (χ0v) is 12.1. The van der Waals surface area contributed by atoms with Gasteiger partial charge in [0.05, 0.1) is 28.3 Å². The molecule has 2 aromatic rings. The lowest BCUT2D eigenvalue weighted by molar-refractivity contribution is 0.200. The van der Waals surface area contributed by atoms with E-state index in [1.165, 1.54) is 24.3 Å². The van der Waals surface area contributed by atoms with Gasteiger partial charge >= 0.3 is 0 Å². The van der Waals surface area contributed by atoms with Crippen LogP contribution in [-0.2, 0) is 10.0 Å². The molecule has 1 atom stereocenters. The number of rotatable bonds is 4. The Bertz CT molecular complexity index is 793. The molecule has 0 aliphatic rings. The number of anilines is 1. The van der Waals surface area contributed by atoms with Crippen molar-refractivity contribution in [2.45, 2.75) is 17.9 Å². The molecule has 0 saturated heterocycles. The highest BCUT2D eigenvalue weighted by Gasteiger charge is 2.17. The lowest BCUT2D eigenvalue weighted by atomic mass is 10.1. The van der Waals surface area contributed by atoms with Crippen LogP contribution < -0.4 is 4.72 Å². The van der Waals surface area contributed by atoms with Gasteiger partial charge in [-0.2, -0.15) is 5.26 Å². The van der Waals surface area contributed by atoms with Gasteiger partial charge in [0, 0.05) is 5.56 Å². The first-order valence-corrected chi connectivity index (χ1v) is 7.72. The molecule has 0 saturated carbocycles. The zero-order valence-electron chi connectivity index (χ0n) is 11.3. The number of benzene rings is 2. The minimum Gasteiger partial charge on any atom is -0.389 e. The highest BCUT2D eigenvalue weighted by atomic mass is 32.2. The number of hydrogen-bond acceptors (Lipinski definition) is 4.